The van der Waals surface area contributed by atoms with Gasteiger partial charge in [0.05, 0.1) is 22.8 Å². The molecular formula is C25H25ClN2O5S. The Bertz CT molecular complexity index is 1310. The average molecular weight is 501 g/mol. The van der Waals surface area contributed by atoms with Crippen molar-refractivity contribution >= 4 is 44.9 Å². The molecule has 178 valence electrons. The van der Waals surface area contributed by atoms with Crippen molar-refractivity contribution in [1.29, 1.82) is 0 Å². The number of halogens is 1. The average Bonchev–Trinajstić information content (AvgIpc) is 2.80. The van der Waals surface area contributed by atoms with E-state index in [1.165, 1.54) is 30.3 Å². The molecule has 34 heavy (non-hydrogen) atoms. The molecule has 1 N–H and O–H groups in total. The lowest BCUT2D eigenvalue weighted by Gasteiger charge is -2.25. The van der Waals surface area contributed by atoms with E-state index in [2.05, 4.69) is 5.32 Å². The molecule has 0 aromatic heterocycles. The fourth-order valence-corrected chi connectivity index (χ4v) is 4.74. The third-order valence-corrected chi connectivity index (χ3v) is 7.16. The second kappa shape index (κ2) is 10.7. The van der Waals surface area contributed by atoms with E-state index in [0.717, 1.165) is 15.4 Å². The van der Waals surface area contributed by atoms with Crippen molar-refractivity contribution in [2.75, 3.05) is 22.8 Å². The Labute approximate surface area is 204 Å². The first-order valence-corrected chi connectivity index (χ1v) is 12.4. The third kappa shape index (κ3) is 5.95. The van der Waals surface area contributed by atoms with Gasteiger partial charge in [0.25, 0.3) is 10.0 Å². The maximum absolute atomic E-state index is 13.5. The van der Waals surface area contributed by atoms with Gasteiger partial charge in [-0.25, -0.2) is 13.2 Å². The van der Waals surface area contributed by atoms with Crippen molar-refractivity contribution < 1.29 is 22.7 Å². The zero-order valence-electron chi connectivity index (χ0n) is 19.0. The Balaban J connectivity index is 1.92. The monoisotopic (exact) mass is 500 g/mol. The van der Waals surface area contributed by atoms with Crippen LogP contribution < -0.4 is 9.62 Å². The van der Waals surface area contributed by atoms with Gasteiger partial charge in [-0.1, -0.05) is 23.7 Å². The number of nitrogens with one attached hydrogen (secondary N) is 1. The molecule has 0 aliphatic carbocycles. The highest BCUT2D eigenvalue weighted by Gasteiger charge is 2.27. The number of benzene rings is 3. The van der Waals surface area contributed by atoms with Crippen molar-refractivity contribution in [2.24, 2.45) is 0 Å². The molecule has 0 aliphatic rings. The Kier molecular flexibility index (Phi) is 7.96. The number of aryl methyl sites for hydroxylation is 2. The van der Waals surface area contributed by atoms with Gasteiger partial charge < -0.3 is 10.1 Å². The molecule has 0 unspecified atom stereocenters. The highest BCUT2D eigenvalue weighted by molar-refractivity contribution is 7.92. The zero-order valence-corrected chi connectivity index (χ0v) is 20.6. The van der Waals surface area contributed by atoms with Crippen LogP contribution in [0.3, 0.4) is 0 Å². The number of hydrogen-bond donors (Lipinski definition) is 1. The van der Waals surface area contributed by atoms with E-state index in [9.17, 15) is 18.0 Å². The molecule has 0 saturated carbocycles. The predicted molar refractivity (Wildman–Crippen MR) is 133 cm³/mol. The third-order valence-electron chi connectivity index (χ3n) is 5.12. The molecule has 3 aromatic rings. The van der Waals surface area contributed by atoms with Crippen LogP contribution in [0.5, 0.6) is 0 Å². The molecule has 0 heterocycles. The molecule has 9 heteroatoms. The summed E-state index contributed by atoms with van der Waals surface area (Å²) in [7, 11) is -4.08. The summed E-state index contributed by atoms with van der Waals surface area (Å²) in [6.45, 7) is 5.24. The standard InChI is InChI=1S/C25H25ClN2O5S/c1-4-33-25(30)19-6-5-7-21(15-19)27-24(29)16-28(22-11-8-17(2)18(3)14-22)34(31,32)23-12-9-20(26)10-13-23/h5-15H,4,16H2,1-3H3,(H,27,29). The lowest BCUT2D eigenvalue weighted by Crippen LogP contribution is -2.38. The van der Waals surface area contributed by atoms with Crippen LogP contribution in [-0.4, -0.2) is 33.4 Å². The molecule has 3 aromatic carbocycles. The Morgan fingerprint density at radius 1 is 0.971 bits per heavy atom. The lowest BCUT2D eigenvalue weighted by atomic mass is 10.1. The van der Waals surface area contributed by atoms with Crippen molar-refractivity contribution in [3.63, 3.8) is 0 Å². The first-order valence-electron chi connectivity index (χ1n) is 10.5. The largest absolute Gasteiger partial charge is 0.462 e. The van der Waals surface area contributed by atoms with Crippen molar-refractivity contribution in [2.45, 2.75) is 25.7 Å². The normalized spacial score (nSPS) is 11.1. The van der Waals surface area contributed by atoms with E-state index < -0.39 is 28.4 Å². The second-order valence-electron chi connectivity index (χ2n) is 7.58. The molecule has 0 bridgehead atoms. The number of anilines is 2. The van der Waals surface area contributed by atoms with Crippen molar-refractivity contribution in [3.05, 3.63) is 88.4 Å². The number of ether oxygens (including phenoxy) is 1. The van der Waals surface area contributed by atoms with E-state index in [0.29, 0.717) is 16.4 Å². The van der Waals surface area contributed by atoms with Crippen LogP contribution in [0.2, 0.25) is 5.02 Å². The summed E-state index contributed by atoms with van der Waals surface area (Å²) in [4.78, 5) is 24.9. The number of carbonyl (C=O) groups is 2. The van der Waals surface area contributed by atoms with Gasteiger partial charge in [-0.15, -0.1) is 0 Å². The first-order chi connectivity index (χ1) is 16.1. The SMILES string of the molecule is CCOC(=O)c1cccc(NC(=O)CN(c2ccc(C)c(C)c2)S(=O)(=O)c2ccc(Cl)cc2)c1. The lowest BCUT2D eigenvalue weighted by molar-refractivity contribution is -0.114. The van der Waals surface area contributed by atoms with Crippen molar-refractivity contribution in [1.82, 2.24) is 0 Å². The Morgan fingerprint density at radius 2 is 1.68 bits per heavy atom. The topological polar surface area (TPSA) is 92.8 Å². The number of rotatable bonds is 8. The Hall–Kier alpha value is -3.36. The maximum Gasteiger partial charge on any atom is 0.338 e. The van der Waals surface area contributed by atoms with E-state index in [4.69, 9.17) is 16.3 Å². The van der Waals surface area contributed by atoms with Crippen LogP contribution in [0.25, 0.3) is 0 Å². The zero-order chi connectivity index (χ0) is 24.9. The van der Waals surface area contributed by atoms with Crippen LogP contribution in [-0.2, 0) is 19.6 Å². The number of amides is 1. The maximum atomic E-state index is 13.5. The summed E-state index contributed by atoms with van der Waals surface area (Å²) in [5.74, 6) is -1.09. The minimum atomic E-state index is -4.08. The first kappa shape index (κ1) is 25.3. The molecule has 0 radical (unpaired) electrons. The van der Waals surface area contributed by atoms with E-state index in [1.807, 2.05) is 13.8 Å². The van der Waals surface area contributed by atoms with Crippen molar-refractivity contribution in [3.8, 4) is 0 Å². The van der Waals surface area contributed by atoms with Gasteiger partial charge in [0.2, 0.25) is 5.91 Å². The summed E-state index contributed by atoms with van der Waals surface area (Å²) in [5, 5.41) is 3.06. The molecule has 0 saturated heterocycles. The van der Waals surface area contributed by atoms with Crippen LogP contribution in [0.15, 0.2) is 71.6 Å². The predicted octanol–water partition coefficient (Wildman–Crippen LogP) is 4.97. The van der Waals surface area contributed by atoms with Crippen LogP contribution >= 0.6 is 11.6 Å². The van der Waals surface area contributed by atoms with Crippen LogP contribution in [0.4, 0.5) is 11.4 Å². The molecule has 0 fully saturated rings. The number of nitrogens with zero attached hydrogens (tertiary/aromatic N) is 1. The van der Waals surface area contributed by atoms with Gasteiger partial charge in [0.15, 0.2) is 0 Å². The van der Waals surface area contributed by atoms with Crippen LogP contribution in [0, 0.1) is 13.8 Å². The summed E-state index contributed by atoms with van der Waals surface area (Å²) in [6, 6.07) is 17.2. The summed E-state index contributed by atoms with van der Waals surface area (Å²) >= 11 is 5.92. The fourth-order valence-electron chi connectivity index (χ4n) is 3.20. The molecule has 0 atom stereocenters. The van der Waals surface area contributed by atoms with Gasteiger partial charge in [0.1, 0.15) is 6.54 Å². The van der Waals surface area contributed by atoms with E-state index >= 15 is 0 Å². The molecule has 7 nitrogen and oxygen atoms in total. The van der Waals surface area contributed by atoms with E-state index in [-0.39, 0.29) is 17.1 Å². The van der Waals surface area contributed by atoms with Gasteiger partial charge in [0, 0.05) is 10.7 Å². The number of hydrogen-bond acceptors (Lipinski definition) is 5. The summed E-state index contributed by atoms with van der Waals surface area (Å²) < 4.78 is 33.0. The van der Waals surface area contributed by atoms with Gasteiger partial charge in [-0.2, -0.15) is 0 Å². The van der Waals surface area contributed by atoms with E-state index in [1.54, 1.807) is 43.3 Å². The molecule has 0 aliphatic heterocycles. The fraction of sp³-hybridized carbons (Fsp3) is 0.200. The molecule has 0 spiro atoms. The number of esters is 1. The van der Waals surface area contributed by atoms with Crippen LogP contribution in [0.1, 0.15) is 28.4 Å². The number of carbonyl (C=O) groups excluding carboxylic acids is 2. The highest BCUT2D eigenvalue weighted by atomic mass is 35.5. The Morgan fingerprint density at radius 3 is 2.32 bits per heavy atom. The molecule has 1 amide bonds. The molecule has 3 rings (SSSR count). The second-order valence-corrected chi connectivity index (χ2v) is 9.88. The quantitative estimate of drug-likeness (QED) is 0.441. The van der Waals surface area contributed by atoms with Gasteiger partial charge in [-0.3, -0.25) is 9.10 Å². The summed E-state index contributed by atoms with van der Waals surface area (Å²) in [5.41, 5.74) is 2.86. The smallest absolute Gasteiger partial charge is 0.338 e. The minimum Gasteiger partial charge on any atom is -0.462 e. The minimum absolute atomic E-state index is 0.00670. The highest BCUT2D eigenvalue weighted by Crippen LogP contribution is 2.27. The summed E-state index contributed by atoms with van der Waals surface area (Å²) in [6.07, 6.45) is 0. The van der Waals surface area contributed by atoms with Gasteiger partial charge in [-0.05, 0) is 86.5 Å². The number of sulfonamides is 1. The van der Waals surface area contributed by atoms with Gasteiger partial charge >= 0.3 is 5.97 Å². The molecular weight excluding hydrogens is 476 g/mol.